The van der Waals surface area contributed by atoms with E-state index in [0.717, 1.165) is 15.0 Å². The number of benzene rings is 3. The lowest BCUT2D eigenvalue weighted by Crippen LogP contribution is -2.37. The first-order valence-electron chi connectivity index (χ1n) is 10.4. The first-order chi connectivity index (χ1) is 15.8. The Balaban J connectivity index is 1.80. The zero-order valence-corrected chi connectivity index (χ0v) is 22.3. The van der Waals surface area contributed by atoms with E-state index in [-0.39, 0.29) is 4.90 Å². The summed E-state index contributed by atoms with van der Waals surface area (Å²) in [4.78, 5) is 2.23. The Hall–Kier alpha value is -2.01. The molecule has 6 nitrogen and oxygen atoms in total. The summed E-state index contributed by atoms with van der Waals surface area (Å²) in [5.41, 5.74) is 1.33. The highest BCUT2D eigenvalue weighted by molar-refractivity contribution is 14.1. The van der Waals surface area contributed by atoms with Gasteiger partial charge in [-0.15, -0.1) is 0 Å². The first-order valence-corrected chi connectivity index (χ1v) is 13.3. The maximum absolute atomic E-state index is 13.6. The van der Waals surface area contributed by atoms with E-state index in [2.05, 4.69) is 27.9 Å². The van der Waals surface area contributed by atoms with Crippen molar-refractivity contribution in [3.8, 4) is 5.75 Å². The molecule has 33 heavy (non-hydrogen) atoms. The number of para-hydroxylation sites is 2. The van der Waals surface area contributed by atoms with Crippen LogP contribution in [-0.4, -0.2) is 53.7 Å². The van der Waals surface area contributed by atoms with Crippen LogP contribution in [0, 0.1) is 3.57 Å². The topological polar surface area (TPSA) is 61.9 Å². The first kappa shape index (κ1) is 25.6. The van der Waals surface area contributed by atoms with Gasteiger partial charge >= 0.3 is 0 Å². The van der Waals surface area contributed by atoms with Crippen molar-refractivity contribution in [3.63, 3.8) is 0 Å². The quantitative estimate of drug-likeness (QED) is 0.243. The predicted molar refractivity (Wildman–Crippen MR) is 144 cm³/mol. The lowest BCUT2D eigenvalue weighted by atomic mass is 10.2. The minimum Gasteiger partial charge on any atom is -0.492 e. The monoisotopic (exact) mass is 599 g/mol. The van der Waals surface area contributed by atoms with Crippen molar-refractivity contribution in [2.45, 2.75) is 4.90 Å². The molecule has 0 spiro atoms. The summed E-state index contributed by atoms with van der Waals surface area (Å²) in [5, 5.41) is 3.98. The van der Waals surface area contributed by atoms with Crippen molar-refractivity contribution < 1.29 is 13.2 Å². The highest BCUT2D eigenvalue weighted by Crippen LogP contribution is 2.31. The lowest BCUT2D eigenvalue weighted by Gasteiger charge is -2.28. The normalized spacial score (nSPS) is 11.4. The molecule has 0 aromatic heterocycles. The van der Waals surface area contributed by atoms with Gasteiger partial charge in [0.05, 0.1) is 16.3 Å². The molecule has 176 valence electrons. The summed E-state index contributed by atoms with van der Waals surface area (Å²) in [6.45, 7) is 1.82. The Morgan fingerprint density at radius 2 is 1.61 bits per heavy atom. The molecule has 3 rings (SSSR count). The Morgan fingerprint density at radius 3 is 2.27 bits per heavy atom. The minimum absolute atomic E-state index is 0.266. The molecule has 0 aliphatic rings. The van der Waals surface area contributed by atoms with Crippen LogP contribution in [0.4, 0.5) is 11.4 Å². The Bertz CT molecular complexity index is 1140. The Kier molecular flexibility index (Phi) is 9.25. The second kappa shape index (κ2) is 11.9. The molecule has 0 amide bonds. The Labute approximate surface area is 214 Å². The molecule has 0 fully saturated rings. The number of rotatable bonds is 11. The van der Waals surface area contributed by atoms with E-state index >= 15 is 0 Å². The summed E-state index contributed by atoms with van der Waals surface area (Å²) < 4.78 is 35.4. The molecule has 3 aromatic carbocycles. The predicted octanol–water partition coefficient (Wildman–Crippen LogP) is 5.19. The maximum Gasteiger partial charge on any atom is 0.264 e. The van der Waals surface area contributed by atoms with Crippen LogP contribution < -0.4 is 14.4 Å². The number of sulfonamides is 1. The second-order valence-electron chi connectivity index (χ2n) is 7.58. The summed E-state index contributed by atoms with van der Waals surface area (Å²) in [7, 11) is 0.102. The van der Waals surface area contributed by atoms with Gasteiger partial charge in [0.2, 0.25) is 0 Å². The van der Waals surface area contributed by atoms with Gasteiger partial charge in [0, 0.05) is 28.2 Å². The highest BCUT2D eigenvalue weighted by Gasteiger charge is 2.26. The molecule has 0 aliphatic carbocycles. The average Bonchev–Trinajstić information content (AvgIpc) is 2.79. The van der Waals surface area contributed by atoms with Gasteiger partial charge in [0.25, 0.3) is 10.0 Å². The van der Waals surface area contributed by atoms with Gasteiger partial charge in [0.15, 0.2) is 0 Å². The lowest BCUT2D eigenvalue weighted by molar-refractivity contribution is 0.333. The zero-order chi connectivity index (χ0) is 23.8. The van der Waals surface area contributed by atoms with Crippen molar-refractivity contribution in [1.29, 1.82) is 0 Å². The van der Waals surface area contributed by atoms with Gasteiger partial charge in [-0.2, -0.15) is 0 Å². The number of hydrogen-bond acceptors (Lipinski definition) is 5. The molecular formula is C24H27ClIN3O3S. The number of nitrogens with zero attached hydrogens (tertiary/aromatic N) is 2. The molecule has 0 saturated carbocycles. The molecule has 0 radical (unpaired) electrons. The smallest absolute Gasteiger partial charge is 0.264 e. The van der Waals surface area contributed by atoms with Crippen LogP contribution in [0.1, 0.15) is 0 Å². The molecule has 9 heteroatoms. The van der Waals surface area contributed by atoms with E-state index in [9.17, 15) is 8.42 Å². The molecule has 3 aromatic rings. The summed E-state index contributed by atoms with van der Waals surface area (Å²) in [5.74, 6) is 0.725. The van der Waals surface area contributed by atoms with Crippen molar-refractivity contribution in [2.75, 3.05) is 50.0 Å². The number of likely N-dealkylation sites (N-methyl/N-ethyl adjacent to an activating group) is 1. The van der Waals surface area contributed by atoms with E-state index in [1.807, 2.05) is 55.4 Å². The van der Waals surface area contributed by atoms with Crippen molar-refractivity contribution in [1.82, 2.24) is 4.90 Å². The van der Waals surface area contributed by atoms with Gasteiger partial charge in [-0.3, -0.25) is 4.31 Å². The third kappa shape index (κ3) is 7.23. The average molecular weight is 600 g/mol. The van der Waals surface area contributed by atoms with Crippen LogP contribution in [0.5, 0.6) is 5.75 Å². The van der Waals surface area contributed by atoms with Crippen LogP contribution in [0.3, 0.4) is 0 Å². The van der Waals surface area contributed by atoms with Crippen LogP contribution in [-0.2, 0) is 10.0 Å². The second-order valence-corrected chi connectivity index (χ2v) is 11.1. The van der Waals surface area contributed by atoms with E-state index in [4.69, 9.17) is 16.3 Å². The van der Waals surface area contributed by atoms with Crippen LogP contribution in [0.2, 0.25) is 5.02 Å². The zero-order valence-electron chi connectivity index (χ0n) is 18.5. The number of halogens is 2. The van der Waals surface area contributed by atoms with E-state index in [1.165, 1.54) is 4.31 Å². The fourth-order valence-electron chi connectivity index (χ4n) is 3.12. The van der Waals surface area contributed by atoms with Crippen molar-refractivity contribution in [3.05, 3.63) is 81.4 Å². The largest absolute Gasteiger partial charge is 0.492 e. The number of anilines is 2. The third-order valence-electron chi connectivity index (χ3n) is 4.82. The third-order valence-corrected chi connectivity index (χ3v) is 7.62. The van der Waals surface area contributed by atoms with Gasteiger partial charge in [-0.25, -0.2) is 8.42 Å². The van der Waals surface area contributed by atoms with Gasteiger partial charge in [-0.1, -0.05) is 23.7 Å². The van der Waals surface area contributed by atoms with E-state index in [0.29, 0.717) is 37.0 Å². The molecular weight excluding hydrogens is 573 g/mol. The van der Waals surface area contributed by atoms with Gasteiger partial charge in [-0.05, 0) is 97.3 Å². The highest BCUT2D eigenvalue weighted by atomic mass is 127. The fraction of sp³-hybridized carbons (Fsp3) is 0.250. The molecule has 0 saturated heterocycles. The van der Waals surface area contributed by atoms with Gasteiger partial charge in [0.1, 0.15) is 12.4 Å². The molecule has 0 heterocycles. The van der Waals surface area contributed by atoms with Crippen LogP contribution >= 0.6 is 34.2 Å². The molecule has 0 aliphatic heterocycles. The van der Waals surface area contributed by atoms with Crippen LogP contribution in [0.15, 0.2) is 77.7 Å². The summed E-state index contributed by atoms with van der Waals surface area (Å²) >= 11 is 8.07. The Morgan fingerprint density at radius 1 is 0.939 bits per heavy atom. The minimum atomic E-state index is -3.75. The van der Waals surface area contributed by atoms with Crippen LogP contribution in [0.25, 0.3) is 0 Å². The number of hydrogen-bond donors (Lipinski definition) is 1. The van der Waals surface area contributed by atoms with Gasteiger partial charge < -0.3 is 15.0 Å². The molecule has 0 bridgehead atoms. The molecule has 1 N–H and O–H groups in total. The maximum atomic E-state index is 13.6. The summed E-state index contributed by atoms with van der Waals surface area (Å²) in [6.07, 6.45) is 0. The van der Waals surface area contributed by atoms with E-state index < -0.39 is 10.0 Å². The molecule has 0 atom stereocenters. The molecule has 0 unspecified atom stereocenters. The standard InChI is InChI=1S/C24H27ClIN3O3S/c1-28(2)16-17-29(33(30,31)22-13-9-20(26)10-14-22)24-6-4-3-5-23(24)27-15-18-32-21-11-7-19(25)8-12-21/h3-14,27H,15-18H2,1-2H3. The summed E-state index contributed by atoms with van der Waals surface area (Å²) in [6, 6.07) is 21.5. The van der Waals surface area contributed by atoms with Crippen molar-refractivity contribution in [2.24, 2.45) is 0 Å². The number of ether oxygens (including phenoxy) is 1. The number of nitrogens with one attached hydrogen (secondary N) is 1. The fourth-order valence-corrected chi connectivity index (χ4v) is 5.08. The van der Waals surface area contributed by atoms with Crippen molar-refractivity contribution >= 4 is 55.6 Å². The van der Waals surface area contributed by atoms with E-state index in [1.54, 1.807) is 36.4 Å². The SMILES string of the molecule is CN(C)CCN(c1ccccc1NCCOc1ccc(Cl)cc1)S(=O)(=O)c1ccc(I)cc1.